The van der Waals surface area contributed by atoms with Crippen molar-refractivity contribution in [1.82, 2.24) is 15.3 Å². The fourth-order valence-electron chi connectivity index (χ4n) is 2.36. The molecule has 0 bridgehead atoms. The molecule has 1 amide bonds. The van der Waals surface area contributed by atoms with Gasteiger partial charge in [-0.2, -0.15) is 0 Å². The summed E-state index contributed by atoms with van der Waals surface area (Å²) in [5.41, 5.74) is 1.36. The lowest BCUT2D eigenvalue weighted by Gasteiger charge is -2.07. The second-order valence-electron chi connectivity index (χ2n) is 5.68. The first-order valence-electron chi connectivity index (χ1n) is 7.67. The van der Waals surface area contributed by atoms with Crippen LogP contribution in [0.25, 0.3) is 0 Å². The first kappa shape index (κ1) is 16.4. The molecule has 1 aliphatic rings. The maximum absolute atomic E-state index is 12.1. The van der Waals surface area contributed by atoms with Crippen molar-refractivity contribution in [1.29, 1.82) is 0 Å². The Labute approximate surface area is 143 Å². The normalized spacial score (nSPS) is 13.5. The summed E-state index contributed by atoms with van der Waals surface area (Å²) in [6, 6.07) is 5.96. The number of nitrogens with one attached hydrogen (secondary N) is 1. The van der Waals surface area contributed by atoms with Gasteiger partial charge in [0, 0.05) is 30.8 Å². The van der Waals surface area contributed by atoms with Crippen LogP contribution >= 0.6 is 11.6 Å². The molecule has 1 aromatic carbocycles. The second-order valence-corrected chi connectivity index (χ2v) is 6.08. The van der Waals surface area contributed by atoms with E-state index in [1.807, 2.05) is 6.07 Å². The summed E-state index contributed by atoms with van der Waals surface area (Å²) in [5.74, 6) is -0.174. The lowest BCUT2D eigenvalue weighted by Crippen LogP contribution is -2.26. The Kier molecular flexibility index (Phi) is 4.76. The average Bonchev–Trinajstić information content (AvgIpc) is 3.39. The molecule has 6 nitrogen and oxygen atoms in total. The Bertz CT molecular complexity index is 790. The Balaban J connectivity index is 1.57. The van der Waals surface area contributed by atoms with Crippen LogP contribution in [0.3, 0.4) is 0 Å². The van der Waals surface area contributed by atoms with Gasteiger partial charge >= 0.3 is 5.97 Å². The summed E-state index contributed by atoms with van der Waals surface area (Å²) in [4.78, 5) is 31.7. The van der Waals surface area contributed by atoms with Gasteiger partial charge in [-0.3, -0.25) is 4.79 Å². The Hall–Kier alpha value is -2.47. The van der Waals surface area contributed by atoms with Gasteiger partial charge in [-0.25, -0.2) is 14.8 Å². The van der Waals surface area contributed by atoms with Crippen LogP contribution in [0.5, 0.6) is 0 Å². The lowest BCUT2D eigenvalue weighted by molar-refractivity contribution is 0.0696. The van der Waals surface area contributed by atoms with E-state index in [9.17, 15) is 9.59 Å². The standard InChI is InChI=1S/C17H16ClN3O3/c18-13-9-11(17(23)24)3-4-12(13)16(22)20-8-6-15-19-7-5-14(21-15)10-1-2-10/h3-5,7,9-10H,1-2,6,8H2,(H,20,22)(H,23,24). The van der Waals surface area contributed by atoms with Gasteiger partial charge in [-0.05, 0) is 37.1 Å². The number of aromatic carboxylic acids is 1. The topological polar surface area (TPSA) is 92.2 Å². The molecule has 1 saturated carbocycles. The van der Waals surface area contributed by atoms with Gasteiger partial charge in [0.2, 0.25) is 0 Å². The molecule has 0 aliphatic heterocycles. The highest BCUT2D eigenvalue weighted by molar-refractivity contribution is 6.34. The van der Waals surface area contributed by atoms with E-state index in [-0.39, 0.29) is 22.1 Å². The summed E-state index contributed by atoms with van der Waals surface area (Å²) in [6.07, 6.45) is 4.63. The average molecular weight is 346 g/mol. The van der Waals surface area contributed by atoms with Gasteiger partial charge in [-0.15, -0.1) is 0 Å². The monoisotopic (exact) mass is 345 g/mol. The Morgan fingerprint density at radius 1 is 1.29 bits per heavy atom. The number of hydrogen-bond donors (Lipinski definition) is 2. The van der Waals surface area contributed by atoms with E-state index < -0.39 is 5.97 Å². The number of carbonyl (C=O) groups excluding carboxylic acids is 1. The van der Waals surface area contributed by atoms with Crippen LogP contribution in [0.1, 0.15) is 51.0 Å². The number of carboxylic acid groups (broad SMARTS) is 1. The maximum Gasteiger partial charge on any atom is 0.335 e. The van der Waals surface area contributed by atoms with Crippen LogP contribution in [0, 0.1) is 0 Å². The minimum absolute atomic E-state index is 0.0434. The van der Waals surface area contributed by atoms with Crippen LogP contribution < -0.4 is 5.32 Å². The van der Waals surface area contributed by atoms with Crippen molar-refractivity contribution in [3.8, 4) is 0 Å². The predicted molar refractivity (Wildman–Crippen MR) is 88.5 cm³/mol. The summed E-state index contributed by atoms with van der Waals surface area (Å²) in [5, 5.41) is 11.8. The summed E-state index contributed by atoms with van der Waals surface area (Å²) in [6.45, 7) is 0.379. The van der Waals surface area contributed by atoms with Crippen molar-refractivity contribution in [3.05, 3.63) is 58.1 Å². The number of benzene rings is 1. The highest BCUT2D eigenvalue weighted by Gasteiger charge is 2.25. The number of halogens is 1. The molecule has 1 heterocycles. The molecule has 0 atom stereocenters. The molecule has 0 unspecified atom stereocenters. The van der Waals surface area contributed by atoms with Crippen molar-refractivity contribution >= 4 is 23.5 Å². The number of amides is 1. The summed E-state index contributed by atoms with van der Waals surface area (Å²) in [7, 11) is 0. The van der Waals surface area contributed by atoms with Gasteiger partial charge in [0.25, 0.3) is 5.91 Å². The third-order valence-electron chi connectivity index (χ3n) is 3.82. The van der Waals surface area contributed by atoms with Crippen LogP contribution in [-0.2, 0) is 6.42 Å². The van der Waals surface area contributed by atoms with Crippen LogP contribution in [0.4, 0.5) is 0 Å². The second kappa shape index (κ2) is 6.97. The number of hydrogen-bond acceptors (Lipinski definition) is 4. The minimum Gasteiger partial charge on any atom is -0.478 e. The van der Waals surface area contributed by atoms with E-state index in [4.69, 9.17) is 16.7 Å². The van der Waals surface area contributed by atoms with Crippen LogP contribution in [0.2, 0.25) is 5.02 Å². The quantitative estimate of drug-likeness (QED) is 0.839. The fraction of sp³-hybridized carbons (Fsp3) is 0.294. The smallest absolute Gasteiger partial charge is 0.335 e. The lowest BCUT2D eigenvalue weighted by atomic mass is 10.1. The SMILES string of the molecule is O=C(O)c1ccc(C(=O)NCCc2nccc(C3CC3)n2)c(Cl)c1. The summed E-state index contributed by atoms with van der Waals surface area (Å²) >= 11 is 5.98. The molecule has 3 rings (SSSR count). The van der Waals surface area contributed by atoms with E-state index in [1.54, 1.807) is 6.20 Å². The van der Waals surface area contributed by atoms with Gasteiger partial charge in [0.05, 0.1) is 16.1 Å². The number of rotatable bonds is 6. The molecule has 0 spiro atoms. The number of carbonyl (C=O) groups is 2. The molecule has 24 heavy (non-hydrogen) atoms. The molecule has 1 fully saturated rings. The highest BCUT2D eigenvalue weighted by atomic mass is 35.5. The third kappa shape index (κ3) is 3.89. The molecule has 1 aromatic heterocycles. The minimum atomic E-state index is -1.09. The molecule has 7 heteroatoms. The Morgan fingerprint density at radius 2 is 2.08 bits per heavy atom. The number of aromatic nitrogens is 2. The number of nitrogens with zero attached hydrogens (tertiary/aromatic N) is 2. The zero-order valence-corrected chi connectivity index (χ0v) is 13.6. The van der Waals surface area contributed by atoms with E-state index >= 15 is 0 Å². The van der Waals surface area contributed by atoms with Crippen LogP contribution in [0.15, 0.2) is 30.5 Å². The van der Waals surface area contributed by atoms with Crippen molar-refractivity contribution in [2.75, 3.05) is 6.54 Å². The van der Waals surface area contributed by atoms with Crippen molar-refractivity contribution in [2.45, 2.75) is 25.2 Å². The van der Waals surface area contributed by atoms with E-state index in [0.717, 1.165) is 5.69 Å². The number of carboxylic acids is 1. The largest absolute Gasteiger partial charge is 0.478 e. The van der Waals surface area contributed by atoms with E-state index in [2.05, 4.69) is 15.3 Å². The highest BCUT2D eigenvalue weighted by Crippen LogP contribution is 2.38. The third-order valence-corrected chi connectivity index (χ3v) is 4.13. The molecule has 124 valence electrons. The fourth-order valence-corrected chi connectivity index (χ4v) is 2.62. The van der Waals surface area contributed by atoms with Gasteiger partial charge in [-0.1, -0.05) is 11.6 Å². The zero-order valence-electron chi connectivity index (χ0n) is 12.8. The molecule has 2 N–H and O–H groups in total. The molecule has 1 aliphatic carbocycles. The molecular weight excluding hydrogens is 330 g/mol. The molecule has 2 aromatic rings. The first-order chi connectivity index (χ1) is 11.5. The van der Waals surface area contributed by atoms with E-state index in [0.29, 0.717) is 24.7 Å². The first-order valence-corrected chi connectivity index (χ1v) is 8.05. The van der Waals surface area contributed by atoms with Crippen molar-refractivity contribution in [2.24, 2.45) is 0 Å². The van der Waals surface area contributed by atoms with Gasteiger partial charge in [0.15, 0.2) is 0 Å². The molecule has 0 radical (unpaired) electrons. The maximum atomic E-state index is 12.1. The summed E-state index contributed by atoms with van der Waals surface area (Å²) < 4.78 is 0. The van der Waals surface area contributed by atoms with Gasteiger partial charge < -0.3 is 10.4 Å². The van der Waals surface area contributed by atoms with Crippen molar-refractivity contribution in [3.63, 3.8) is 0 Å². The molecule has 0 saturated heterocycles. The Morgan fingerprint density at radius 3 is 2.75 bits per heavy atom. The zero-order chi connectivity index (χ0) is 17.1. The predicted octanol–water partition coefficient (Wildman–Crippen LogP) is 2.68. The van der Waals surface area contributed by atoms with E-state index in [1.165, 1.54) is 31.0 Å². The van der Waals surface area contributed by atoms with Crippen LogP contribution in [-0.4, -0.2) is 33.5 Å². The molecular formula is C17H16ClN3O3. The van der Waals surface area contributed by atoms with Crippen molar-refractivity contribution < 1.29 is 14.7 Å². The van der Waals surface area contributed by atoms with Gasteiger partial charge in [0.1, 0.15) is 5.82 Å².